The Hall–Kier alpha value is -2.41. The number of guanidine groups is 1. The number of aryl methyl sites for hydroxylation is 2. The molecule has 0 aliphatic heterocycles. The highest BCUT2D eigenvalue weighted by molar-refractivity contribution is 7.11. The predicted octanol–water partition coefficient (Wildman–Crippen LogP) is 2.46. The highest BCUT2D eigenvalue weighted by Crippen LogP contribution is 2.17. The lowest BCUT2D eigenvalue weighted by Gasteiger charge is -2.11. The van der Waals surface area contributed by atoms with Crippen LogP contribution in [0.2, 0.25) is 0 Å². The van der Waals surface area contributed by atoms with Gasteiger partial charge in [-0.2, -0.15) is 0 Å². The predicted molar refractivity (Wildman–Crippen MR) is 113 cm³/mol. The van der Waals surface area contributed by atoms with Gasteiger partial charge in [-0.1, -0.05) is 12.1 Å². The van der Waals surface area contributed by atoms with Crippen LogP contribution in [0.3, 0.4) is 0 Å². The van der Waals surface area contributed by atoms with Crippen molar-refractivity contribution < 1.29 is 4.79 Å². The highest BCUT2D eigenvalue weighted by Gasteiger charge is 2.06. The smallest absolute Gasteiger partial charge is 0.251 e. The second-order valence-corrected chi connectivity index (χ2v) is 7.50. The Kier molecular flexibility index (Phi) is 8.26. The third-order valence-electron chi connectivity index (χ3n) is 4.07. The van der Waals surface area contributed by atoms with Crippen molar-refractivity contribution in [2.75, 3.05) is 26.7 Å². The molecule has 3 N–H and O–H groups in total. The largest absolute Gasteiger partial charge is 0.357 e. The van der Waals surface area contributed by atoms with Crippen LogP contribution in [0.5, 0.6) is 0 Å². The Morgan fingerprint density at radius 2 is 2.04 bits per heavy atom. The third kappa shape index (κ3) is 6.67. The number of benzene rings is 1. The van der Waals surface area contributed by atoms with Gasteiger partial charge in [0.2, 0.25) is 0 Å². The van der Waals surface area contributed by atoms with Gasteiger partial charge in [0.05, 0.1) is 10.7 Å². The molecule has 0 aliphatic rings. The van der Waals surface area contributed by atoms with Crippen LogP contribution in [0.1, 0.15) is 38.4 Å². The van der Waals surface area contributed by atoms with E-state index in [0.717, 1.165) is 54.7 Å². The number of amides is 1. The molecule has 0 radical (unpaired) electrons. The molecule has 0 bridgehead atoms. The second kappa shape index (κ2) is 10.7. The summed E-state index contributed by atoms with van der Waals surface area (Å²) in [4.78, 5) is 22.2. The monoisotopic (exact) mass is 387 g/mol. The summed E-state index contributed by atoms with van der Waals surface area (Å²) in [5.74, 6) is 0.757. The molecule has 0 spiro atoms. The Balaban J connectivity index is 1.86. The Labute approximate surface area is 165 Å². The zero-order chi connectivity index (χ0) is 19.6. The van der Waals surface area contributed by atoms with Crippen molar-refractivity contribution in [2.24, 2.45) is 4.99 Å². The van der Waals surface area contributed by atoms with Crippen molar-refractivity contribution in [1.82, 2.24) is 20.9 Å². The first-order chi connectivity index (χ1) is 13.0. The van der Waals surface area contributed by atoms with E-state index in [0.29, 0.717) is 5.56 Å². The number of carbonyl (C=O) groups is 1. The number of thiazole rings is 1. The fourth-order valence-corrected chi connectivity index (χ4v) is 3.68. The number of rotatable bonds is 8. The van der Waals surface area contributed by atoms with Gasteiger partial charge in [0.25, 0.3) is 5.91 Å². The van der Waals surface area contributed by atoms with Crippen LogP contribution in [0.15, 0.2) is 29.3 Å². The SMILES string of the molecule is CCNC(=NCCc1sc(C)nc1C)NCCc1cccc(C(=O)NC)c1. The summed E-state index contributed by atoms with van der Waals surface area (Å²) in [6.45, 7) is 8.44. The molecule has 6 nitrogen and oxygen atoms in total. The van der Waals surface area contributed by atoms with Crippen LogP contribution in [0.4, 0.5) is 0 Å². The first-order valence-corrected chi connectivity index (χ1v) is 10.1. The molecule has 0 aliphatic carbocycles. The normalized spacial score (nSPS) is 11.3. The fraction of sp³-hybridized carbons (Fsp3) is 0.450. The first kappa shape index (κ1) is 20.9. The minimum atomic E-state index is -0.0618. The molecule has 1 heterocycles. The quantitative estimate of drug-likeness (QED) is 0.480. The summed E-state index contributed by atoms with van der Waals surface area (Å²) in [6, 6.07) is 7.70. The van der Waals surface area contributed by atoms with Crippen LogP contribution < -0.4 is 16.0 Å². The van der Waals surface area contributed by atoms with Gasteiger partial charge in [-0.15, -0.1) is 11.3 Å². The van der Waals surface area contributed by atoms with Crippen molar-refractivity contribution in [3.05, 3.63) is 51.0 Å². The van der Waals surface area contributed by atoms with Crippen molar-refractivity contribution in [2.45, 2.75) is 33.6 Å². The number of carbonyl (C=O) groups excluding carboxylic acids is 1. The highest BCUT2D eigenvalue weighted by atomic mass is 32.1. The van der Waals surface area contributed by atoms with E-state index in [1.807, 2.05) is 31.2 Å². The van der Waals surface area contributed by atoms with Crippen molar-refractivity contribution in [3.63, 3.8) is 0 Å². The number of hydrogen-bond donors (Lipinski definition) is 3. The lowest BCUT2D eigenvalue weighted by atomic mass is 10.1. The van der Waals surface area contributed by atoms with Gasteiger partial charge in [-0.25, -0.2) is 4.98 Å². The average molecular weight is 388 g/mol. The molecule has 2 rings (SSSR count). The van der Waals surface area contributed by atoms with E-state index < -0.39 is 0 Å². The van der Waals surface area contributed by atoms with E-state index in [-0.39, 0.29) is 5.91 Å². The molecule has 146 valence electrons. The zero-order valence-electron chi connectivity index (χ0n) is 16.6. The minimum absolute atomic E-state index is 0.0618. The number of hydrogen-bond acceptors (Lipinski definition) is 4. The van der Waals surface area contributed by atoms with E-state index in [1.54, 1.807) is 18.4 Å². The summed E-state index contributed by atoms with van der Waals surface area (Å²) < 4.78 is 0. The average Bonchev–Trinajstić information content (AvgIpc) is 2.98. The summed E-state index contributed by atoms with van der Waals surface area (Å²) in [5, 5.41) is 10.4. The molecule has 1 aromatic carbocycles. The molecule has 2 aromatic rings. The lowest BCUT2D eigenvalue weighted by Crippen LogP contribution is -2.38. The van der Waals surface area contributed by atoms with Gasteiger partial charge in [0, 0.05) is 43.5 Å². The van der Waals surface area contributed by atoms with Gasteiger partial charge in [0.15, 0.2) is 5.96 Å². The maximum absolute atomic E-state index is 11.7. The number of aliphatic imine (C=N–C) groups is 1. The number of nitrogens with one attached hydrogen (secondary N) is 3. The second-order valence-electron chi connectivity index (χ2n) is 6.21. The van der Waals surface area contributed by atoms with Gasteiger partial charge >= 0.3 is 0 Å². The minimum Gasteiger partial charge on any atom is -0.357 e. The third-order valence-corrected chi connectivity index (χ3v) is 5.21. The van der Waals surface area contributed by atoms with E-state index in [4.69, 9.17) is 0 Å². The van der Waals surface area contributed by atoms with Crippen LogP contribution in [-0.2, 0) is 12.8 Å². The molecule has 7 heteroatoms. The Morgan fingerprint density at radius 3 is 2.70 bits per heavy atom. The molecule has 0 atom stereocenters. The van der Waals surface area contributed by atoms with Crippen LogP contribution in [0.25, 0.3) is 0 Å². The topological polar surface area (TPSA) is 78.4 Å². The molecule has 1 amide bonds. The molecular formula is C20H29N5OS. The summed E-state index contributed by atoms with van der Waals surface area (Å²) in [7, 11) is 1.64. The maximum Gasteiger partial charge on any atom is 0.251 e. The molecule has 1 aromatic heterocycles. The van der Waals surface area contributed by atoms with Gasteiger partial charge < -0.3 is 16.0 Å². The van der Waals surface area contributed by atoms with Crippen LogP contribution in [0, 0.1) is 13.8 Å². The van der Waals surface area contributed by atoms with E-state index in [1.165, 1.54) is 4.88 Å². The number of nitrogens with zero attached hydrogens (tertiary/aromatic N) is 2. The number of aromatic nitrogens is 1. The molecular weight excluding hydrogens is 358 g/mol. The van der Waals surface area contributed by atoms with Crippen molar-refractivity contribution in [1.29, 1.82) is 0 Å². The van der Waals surface area contributed by atoms with Gasteiger partial charge in [-0.3, -0.25) is 9.79 Å². The Bertz CT molecular complexity index is 784. The maximum atomic E-state index is 11.7. The van der Waals surface area contributed by atoms with Crippen molar-refractivity contribution >= 4 is 23.2 Å². The van der Waals surface area contributed by atoms with E-state index in [9.17, 15) is 4.79 Å². The molecule has 0 saturated heterocycles. The van der Waals surface area contributed by atoms with Gasteiger partial charge in [0.1, 0.15) is 0 Å². The molecule has 0 saturated carbocycles. The zero-order valence-corrected chi connectivity index (χ0v) is 17.4. The summed E-state index contributed by atoms with van der Waals surface area (Å²) in [5.41, 5.74) is 2.92. The standard InChI is InChI=1S/C20H29N5OS/c1-5-22-20(24-12-10-18-14(2)25-15(3)27-18)23-11-9-16-7-6-8-17(13-16)19(26)21-4/h6-8,13H,5,9-12H2,1-4H3,(H,21,26)(H2,22,23,24). The van der Waals surface area contributed by atoms with Crippen LogP contribution in [-0.4, -0.2) is 43.5 Å². The van der Waals surface area contributed by atoms with Gasteiger partial charge in [-0.05, 0) is 44.9 Å². The Morgan fingerprint density at radius 1 is 1.22 bits per heavy atom. The molecule has 0 unspecified atom stereocenters. The van der Waals surface area contributed by atoms with Crippen LogP contribution >= 0.6 is 11.3 Å². The summed E-state index contributed by atoms with van der Waals surface area (Å²) in [6.07, 6.45) is 1.73. The molecule has 27 heavy (non-hydrogen) atoms. The molecule has 0 fully saturated rings. The fourth-order valence-electron chi connectivity index (χ4n) is 2.75. The first-order valence-electron chi connectivity index (χ1n) is 9.29. The van der Waals surface area contributed by atoms with Crippen molar-refractivity contribution in [3.8, 4) is 0 Å². The van der Waals surface area contributed by atoms with E-state index in [2.05, 4.69) is 39.8 Å². The lowest BCUT2D eigenvalue weighted by molar-refractivity contribution is 0.0963. The van der Waals surface area contributed by atoms with E-state index >= 15 is 0 Å². The summed E-state index contributed by atoms with van der Waals surface area (Å²) >= 11 is 1.75.